The third-order valence-electron chi connectivity index (χ3n) is 5.97. The molecule has 11 heteroatoms. The zero-order chi connectivity index (χ0) is 27.8. The molecule has 1 aliphatic heterocycles. The van der Waals surface area contributed by atoms with E-state index in [4.69, 9.17) is 15.2 Å². The van der Waals surface area contributed by atoms with Gasteiger partial charge in [0.2, 0.25) is 22.6 Å². The number of amides is 2. The van der Waals surface area contributed by atoms with Crippen LogP contribution in [0.3, 0.4) is 0 Å². The Bertz CT molecular complexity index is 1130. The summed E-state index contributed by atoms with van der Waals surface area (Å²) in [6.45, 7) is 3.55. The third kappa shape index (κ3) is 8.30. The molecule has 5 N–H and O–H groups in total. The first-order valence-corrected chi connectivity index (χ1v) is 13.2. The number of anilines is 1. The molecule has 1 saturated heterocycles. The predicted octanol–water partition coefficient (Wildman–Crippen LogP) is 2.53. The van der Waals surface area contributed by atoms with Gasteiger partial charge in [-0.3, -0.25) is 14.4 Å². The fourth-order valence-corrected chi connectivity index (χ4v) is 4.90. The van der Waals surface area contributed by atoms with Crippen LogP contribution in [-0.2, 0) is 35.1 Å². The van der Waals surface area contributed by atoms with Gasteiger partial charge in [0.15, 0.2) is 11.9 Å². The van der Waals surface area contributed by atoms with E-state index in [1.165, 1.54) is 0 Å². The standard InChI is InChI=1S/C27H33N3O7S/c1-26(2)36-16-21(37-26)24(33)38-17-19(15-18-9-5-3-6-10-18)23(32)30-27(25(34)35,14-13-22(28)31)29-20-11-7-4-8-12-20/h3-12,19,21,29H,13-17H2,1-2H3,(H2,28,31)(H,30,32)(H,34,35)/t19?,21?,27-/m0/s1. The quantitative estimate of drug-likeness (QED) is 0.279. The molecule has 10 nitrogen and oxygen atoms in total. The molecule has 204 valence electrons. The van der Waals surface area contributed by atoms with Gasteiger partial charge in [-0.05, 0) is 38.0 Å². The van der Waals surface area contributed by atoms with Crippen molar-refractivity contribution in [2.45, 2.75) is 50.7 Å². The van der Waals surface area contributed by atoms with Crippen molar-refractivity contribution < 1.29 is 33.8 Å². The van der Waals surface area contributed by atoms with Crippen LogP contribution in [0.25, 0.3) is 0 Å². The van der Waals surface area contributed by atoms with Gasteiger partial charge in [-0.1, -0.05) is 60.3 Å². The summed E-state index contributed by atoms with van der Waals surface area (Å²) in [5, 5.41) is 15.4. The highest BCUT2D eigenvalue weighted by Gasteiger charge is 2.42. The highest BCUT2D eigenvalue weighted by atomic mass is 32.2. The number of hydrogen-bond acceptors (Lipinski definition) is 8. The summed E-state index contributed by atoms with van der Waals surface area (Å²) in [4.78, 5) is 50.5. The van der Waals surface area contributed by atoms with Gasteiger partial charge in [-0.25, -0.2) is 4.79 Å². The SMILES string of the molecule is CC1(C)OCC(C(=O)SCC(Cc2ccccc2)C(=O)N[C@](CCC(N)=O)(Nc2ccccc2)C(=O)O)O1. The normalized spacial score (nSPS) is 18.6. The Morgan fingerprint density at radius 3 is 2.29 bits per heavy atom. The maximum atomic E-state index is 13.6. The van der Waals surface area contributed by atoms with Gasteiger partial charge in [-0.15, -0.1) is 0 Å². The molecule has 2 aromatic carbocycles. The Kier molecular flexibility index (Phi) is 9.90. The number of para-hydroxylation sites is 1. The van der Waals surface area contributed by atoms with E-state index in [0.29, 0.717) is 5.69 Å². The van der Waals surface area contributed by atoms with E-state index in [0.717, 1.165) is 17.3 Å². The van der Waals surface area contributed by atoms with E-state index >= 15 is 0 Å². The van der Waals surface area contributed by atoms with Gasteiger partial charge in [0.05, 0.1) is 12.5 Å². The largest absolute Gasteiger partial charge is 0.478 e. The molecule has 0 spiro atoms. The number of nitrogens with one attached hydrogen (secondary N) is 2. The van der Waals surface area contributed by atoms with E-state index < -0.39 is 41.3 Å². The number of benzene rings is 2. The van der Waals surface area contributed by atoms with Crippen molar-refractivity contribution in [3.05, 3.63) is 66.2 Å². The van der Waals surface area contributed by atoms with Crippen LogP contribution in [0.2, 0.25) is 0 Å². The van der Waals surface area contributed by atoms with E-state index in [9.17, 15) is 24.3 Å². The molecule has 2 aromatic rings. The summed E-state index contributed by atoms with van der Waals surface area (Å²) in [5.41, 5.74) is 4.58. The maximum absolute atomic E-state index is 13.6. The van der Waals surface area contributed by atoms with E-state index in [2.05, 4.69) is 10.6 Å². The van der Waals surface area contributed by atoms with Gasteiger partial charge in [-0.2, -0.15) is 0 Å². The molecule has 0 aliphatic carbocycles. The van der Waals surface area contributed by atoms with Crippen molar-refractivity contribution in [2.75, 3.05) is 17.7 Å². The molecule has 1 heterocycles. The topological polar surface area (TPSA) is 157 Å². The number of hydrogen-bond donors (Lipinski definition) is 4. The highest BCUT2D eigenvalue weighted by Crippen LogP contribution is 2.27. The van der Waals surface area contributed by atoms with Crippen molar-refractivity contribution >= 4 is 40.3 Å². The molecule has 1 aliphatic rings. The number of primary amides is 1. The first kappa shape index (κ1) is 29.2. The van der Waals surface area contributed by atoms with Crippen molar-refractivity contribution in [2.24, 2.45) is 11.7 Å². The Balaban J connectivity index is 1.82. The fraction of sp³-hybridized carbons (Fsp3) is 0.407. The number of thioether (sulfide) groups is 1. The molecule has 0 aromatic heterocycles. The first-order valence-electron chi connectivity index (χ1n) is 12.2. The van der Waals surface area contributed by atoms with Gasteiger partial charge in [0.1, 0.15) is 0 Å². The number of rotatable bonds is 13. The van der Waals surface area contributed by atoms with Gasteiger partial charge in [0.25, 0.3) is 0 Å². The lowest BCUT2D eigenvalue weighted by molar-refractivity contribution is -0.147. The maximum Gasteiger partial charge on any atom is 0.350 e. The van der Waals surface area contributed by atoms with Crippen LogP contribution in [0.4, 0.5) is 5.69 Å². The number of carbonyl (C=O) groups is 4. The number of nitrogens with two attached hydrogens (primary N) is 1. The second-order valence-corrected chi connectivity index (χ2v) is 10.5. The minimum absolute atomic E-state index is 0.0801. The molecule has 0 radical (unpaired) electrons. The van der Waals surface area contributed by atoms with Crippen molar-refractivity contribution in [1.82, 2.24) is 5.32 Å². The molecular weight excluding hydrogens is 510 g/mol. The lowest BCUT2D eigenvalue weighted by Gasteiger charge is -2.33. The zero-order valence-corrected chi connectivity index (χ0v) is 22.2. The van der Waals surface area contributed by atoms with E-state index in [-0.39, 0.29) is 36.7 Å². The van der Waals surface area contributed by atoms with Gasteiger partial charge < -0.3 is 30.9 Å². The first-order chi connectivity index (χ1) is 18.0. The fourth-order valence-electron chi connectivity index (χ4n) is 3.97. The summed E-state index contributed by atoms with van der Waals surface area (Å²) in [6, 6.07) is 17.7. The molecule has 3 atom stereocenters. The van der Waals surface area contributed by atoms with Crippen LogP contribution in [0.15, 0.2) is 60.7 Å². The summed E-state index contributed by atoms with van der Waals surface area (Å²) >= 11 is 0.940. The summed E-state index contributed by atoms with van der Waals surface area (Å²) in [6.07, 6.45) is -1.07. The molecule has 1 fully saturated rings. The number of aliphatic carboxylic acids is 1. The highest BCUT2D eigenvalue weighted by molar-refractivity contribution is 8.13. The van der Waals surface area contributed by atoms with E-state index in [1.54, 1.807) is 44.2 Å². The summed E-state index contributed by atoms with van der Waals surface area (Å²) in [5.74, 6) is -4.23. The molecule has 2 unspecified atom stereocenters. The second-order valence-electron chi connectivity index (χ2n) is 9.49. The molecular formula is C27H33N3O7S. The van der Waals surface area contributed by atoms with Gasteiger partial charge in [0, 0.05) is 24.3 Å². The lowest BCUT2D eigenvalue weighted by Crippen LogP contribution is -2.61. The van der Waals surface area contributed by atoms with Crippen LogP contribution >= 0.6 is 11.8 Å². The number of carboxylic acid groups (broad SMARTS) is 1. The lowest BCUT2D eigenvalue weighted by atomic mass is 9.97. The van der Waals surface area contributed by atoms with E-state index in [1.807, 2.05) is 30.3 Å². The molecule has 3 rings (SSSR count). The molecule has 0 saturated carbocycles. The Hall–Kier alpha value is -3.41. The molecule has 2 amide bonds. The van der Waals surface area contributed by atoms with Crippen LogP contribution in [-0.4, -0.2) is 57.9 Å². The van der Waals surface area contributed by atoms with Crippen LogP contribution < -0.4 is 16.4 Å². The van der Waals surface area contributed by atoms with Crippen molar-refractivity contribution in [1.29, 1.82) is 0 Å². The van der Waals surface area contributed by atoms with Crippen molar-refractivity contribution in [3.63, 3.8) is 0 Å². The predicted molar refractivity (Wildman–Crippen MR) is 143 cm³/mol. The number of carbonyl (C=O) groups excluding carboxylic acids is 3. The Labute approximate surface area is 225 Å². The molecule has 0 bridgehead atoms. The minimum atomic E-state index is -2.01. The number of ether oxygens (including phenoxy) is 2. The van der Waals surface area contributed by atoms with Crippen LogP contribution in [0, 0.1) is 5.92 Å². The summed E-state index contributed by atoms with van der Waals surface area (Å²) in [7, 11) is 0. The molecule has 38 heavy (non-hydrogen) atoms. The monoisotopic (exact) mass is 543 g/mol. The average molecular weight is 544 g/mol. The Morgan fingerprint density at radius 1 is 1.11 bits per heavy atom. The second kappa shape index (κ2) is 12.9. The zero-order valence-electron chi connectivity index (χ0n) is 21.3. The smallest absolute Gasteiger partial charge is 0.350 e. The third-order valence-corrected chi connectivity index (χ3v) is 7.09. The summed E-state index contributed by atoms with van der Waals surface area (Å²) < 4.78 is 11.1. The minimum Gasteiger partial charge on any atom is -0.478 e. The van der Waals surface area contributed by atoms with Crippen LogP contribution in [0.1, 0.15) is 32.3 Å². The van der Waals surface area contributed by atoms with Gasteiger partial charge >= 0.3 is 5.97 Å². The van der Waals surface area contributed by atoms with Crippen LogP contribution in [0.5, 0.6) is 0 Å². The van der Waals surface area contributed by atoms with Crippen molar-refractivity contribution in [3.8, 4) is 0 Å². The average Bonchev–Trinajstić information content (AvgIpc) is 3.25. The Morgan fingerprint density at radius 2 is 1.74 bits per heavy atom. The number of carboxylic acids is 1.